The molecule has 1 aromatic heterocycles. The van der Waals surface area contributed by atoms with Gasteiger partial charge in [-0.2, -0.15) is 0 Å². The first-order valence-corrected chi connectivity index (χ1v) is 9.12. The van der Waals surface area contributed by atoms with E-state index < -0.39 is 17.3 Å². The maximum Gasteiger partial charge on any atom is 0.290 e. The van der Waals surface area contributed by atoms with Gasteiger partial charge in [-0.25, -0.2) is 4.39 Å². The molecule has 1 amide bonds. The Morgan fingerprint density at radius 3 is 2.78 bits per heavy atom. The van der Waals surface area contributed by atoms with Crippen LogP contribution in [0.1, 0.15) is 27.7 Å². The molecule has 0 radical (unpaired) electrons. The number of rotatable bonds is 4. The molecule has 3 aromatic rings. The molecule has 1 unspecified atom stereocenters. The minimum Gasteiger partial charge on any atom is -0.450 e. The van der Waals surface area contributed by atoms with Crippen LogP contribution in [0.15, 0.2) is 56.1 Å². The molecule has 2 heterocycles. The van der Waals surface area contributed by atoms with Crippen LogP contribution in [0.5, 0.6) is 0 Å². The van der Waals surface area contributed by atoms with Crippen molar-refractivity contribution in [3.8, 4) is 0 Å². The fourth-order valence-electron chi connectivity index (χ4n) is 3.44. The molecule has 0 spiro atoms. The Hall–Kier alpha value is -2.51. The van der Waals surface area contributed by atoms with Gasteiger partial charge in [-0.3, -0.25) is 9.59 Å². The molecule has 0 bridgehead atoms. The lowest BCUT2D eigenvalue weighted by Crippen LogP contribution is -2.32. The van der Waals surface area contributed by atoms with Gasteiger partial charge >= 0.3 is 0 Å². The van der Waals surface area contributed by atoms with Gasteiger partial charge in [0.2, 0.25) is 5.76 Å². The summed E-state index contributed by atoms with van der Waals surface area (Å²) in [6.45, 7) is 0.605. The summed E-state index contributed by atoms with van der Waals surface area (Å²) in [5.41, 5.74) is 0.780. The van der Waals surface area contributed by atoms with Crippen LogP contribution in [-0.4, -0.2) is 31.1 Å². The van der Waals surface area contributed by atoms with Crippen LogP contribution in [0.2, 0.25) is 0 Å². The van der Waals surface area contributed by atoms with E-state index >= 15 is 0 Å². The summed E-state index contributed by atoms with van der Waals surface area (Å²) in [5, 5.41) is 0.120. The topological polar surface area (TPSA) is 59.8 Å². The number of hydrogen-bond acceptors (Lipinski definition) is 4. The quantitative estimate of drug-likeness (QED) is 0.628. The molecule has 1 aliphatic heterocycles. The van der Waals surface area contributed by atoms with Crippen LogP contribution in [0.4, 0.5) is 4.39 Å². The highest BCUT2D eigenvalue weighted by molar-refractivity contribution is 9.10. The Balaban J connectivity index is 1.99. The van der Waals surface area contributed by atoms with Crippen LogP contribution in [0.25, 0.3) is 11.0 Å². The summed E-state index contributed by atoms with van der Waals surface area (Å²) in [4.78, 5) is 27.7. The summed E-state index contributed by atoms with van der Waals surface area (Å²) in [5.74, 6) is -0.912. The first-order chi connectivity index (χ1) is 13.0. The van der Waals surface area contributed by atoms with Crippen LogP contribution < -0.4 is 5.43 Å². The summed E-state index contributed by atoms with van der Waals surface area (Å²) < 4.78 is 25.4. The number of carbonyl (C=O) groups is 1. The second-order valence-corrected chi connectivity index (χ2v) is 7.18. The van der Waals surface area contributed by atoms with Gasteiger partial charge in [0.25, 0.3) is 5.91 Å². The number of amides is 1. The second-order valence-electron chi connectivity index (χ2n) is 6.26. The molecular formula is C20H15BrFNO4. The zero-order valence-electron chi connectivity index (χ0n) is 14.4. The molecule has 0 saturated carbocycles. The van der Waals surface area contributed by atoms with Crippen molar-refractivity contribution in [1.29, 1.82) is 0 Å². The van der Waals surface area contributed by atoms with Crippen molar-refractivity contribution in [3.63, 3.8) is 0 Å². The highest BCUT2D eigenvalue weighted by Crippen LogP contribution is 2.38. The van der Waals surface area contributed by atoms with Gasteiger partial charge in [-0.15, -0.1) is 0 Å². The van der Waals surface area contributed by atoms with Gasteiger partial charge in [0.05, 0.1) is 23.6 Å². The fraction of sp³-hybridized carbons (Fsp3) is 0.200. The molecule has 0 fully saturated rings. The van der Waals surface area contributed by atoms with Gasteiger partial charge in [0.1, 0.15) is 11.4 Å². The number of carbonyl (C=O) groups excluding carboxylic acids is 1. The lowest BCUT2D eigenvalue weighted by Gasteiger charge is -2.24. The van der Waals surface area contributed by atoms with Gasteiger partial charge < -0.3 is 14.1 Å². The Morgan fingerprint density at radius 1 is 1.22 bits per heavy atom. The molecule has 1 aliphatic rings. The molecule has 5 nitrogen and oxygen atoms in total. The Bertz CT molecular complexity index is 1110. The second kappa shape index (κ2) is 6.90. The number of methoxy groups -OCH3 is 1. The monoisotopic (exact) mass is 431 g/mol. The molecule has 2 aromatic carbocycles. The lowest BCUT2D eigenvalue weighted by atomic mass is 9.98. The third-order valence-corrected chi connectivity index (χ3v) is 5.12. The number of halogens is 2. The zero-order valence-corrected chi connectivity index (χ0v) is 16.0. The number of nitrogens with zero attached hydrogens (tertiary/aromatic N) is 1. The zero-order chi connectivity index (χ0) is 19.1. The largest absolute Gasteiger partial charge is 0.450 e. The minimum atomic E-state index is -0.621. The van der Waals surface area contributed by atoms with E-state index in [1.807, 2.05) is 24.3 Å². The van der Waals surface area contributed by atoms with Crippen molar-refractivity contribution < 1.29 is 18.3 Å². The predicted molar refractivity (Wildman–Crippen MR) is 101 cm³/mol. The van der Waals surface area contributed by atoms with E-state index in [4.69, 9.17) is 9.15 Å². The van der Waals surface area contributed by atoms with E-state index in [0.717, 1.165) is 16.1 Å². The third-order valence-electron chi connectivity index (χ3n) is 4.63. The third kappa shape index (κ3) is 2.96. The van der Waals surface area contributed by atoms with Crippen molar-refractivity contribution in [2.45, 2.75) is 6.04 Å². The summed E-state index contributed by atoms with van der Waals surface area (Å²) in [6.07, 6.45) is 0. The molecule has 0 aliphatic carbocycles. The number of fused-ring (bicyclic) bond motifs is 2. The smallest absolute Gasteiger partial charge is 0.290 e. The predicted octanol–water partition coefficient (Wildman–Crippen LogP) is 3.89. The highest BCUT2D eigenvalue weighted by Gasteiger charge is 2.42. The van der Waals surface area contributed by atoms with Crippen molar-refractivity contribution >= 4 is 32.8 Å². The van der Waals surface area contributed by atoms with E-state index in [2.05, 4.69) is 15.9 Å². The van der Waals surface area contributed by atoms with Gasteiger partial charge in [0, 0.05) is 18.1 Å². The SMILES string of the molecule is COCCN1C(=O)c2oc3ccc(F)cc3c(=O)c2C1c1cccc(Br)c1. The molecule has 138 valence electrons. The van der Waals surface area contributed by atoms with E-state index in [1.165, 1.54) is 12.1 Å². The Kier molecular flexibility index (Phi) is 4.57. The van der Waals surface area contributed by atoms with E-state index in [-0.39, 0.29) is 28.2 Å². The molecule has 0 N–H and O–H groups in total. The van der Waals surface area contributed by atoms with Gasteiger partial charge in [-0.1, -0.05) is 28.1 Å². The van der Waals surface area contributed by atoms with Crippen molar-refractivity contribution in [2.75, 3.05) is 20.3 Å². The number of hydrogen-bond donors (Lipinski definition) is 0. The van der Waals surface area contributed by atoms with E-state index in [1.54, 1.807) is 12.0 Å². The summed E-state index contributed by atoms with van der Waals surface area (Å²) in [6, 6.07) is 10.5. The molecule has 1 atom stereocenters. The maximum absolute atomic E-state index is 13.7. The van der Waals surface area contributed by atoms with Gasteiger partial charge in [-0.05, 0) is 35.9 Å². The average Bonchev–Trinajstić information content (AvgIpc) is 2.93. The van der Waals surface area contributed by atoms with E-state index in [9.17, 15) is 14.0 Å². The number of benzene rings is 2. The highest BCUT2D eigenvalue weighted by atomic mass is 79.9. The van der Waals surface area contributed by atoms with Crippen LogP contribution in [0, 0.1) is 5.82 Å². The Labute approximate surface area is 162 Å². The van der Waals surface area contributed by atoms with Crippen LogP contribution in [-0.2, 0) is 4.74 Å². The summed E-state index contributed by atoms with van der Waals surface area (Å²) >= 11 is 3.43. The van der Waals surface area contributed by atoms with Crippen molar-refractivity contribution in [3.05, 3.63) is 79.9 Å². The first kappa shape index (κ1) is 17.9. The molecule has 7 heteroatoms. The van der Waals surface area contributed by atoms with Crippen LogP contribution in [0.3, 0.4) is 0 Å². The Morgan fingerprint density at radius 2 is 2.04 bits per heavy atom. The van der Waals surface area contributed by atoms with Crippen LogP contribution >= 0.6 is 15.9 Å². The fourth-order valence-corrected chi connectivity index (χ4v) is 3.85. The number of ether oxygens (including phenoxy) is 1. The standard InChI is InChI=1S/C20H15BrFNO4/c1-26-8-7-23-17(11-3-2-4-12(21)9-11)16-18(24)14-10-13(22)5-6-15(14)27-19(16)20(23)25/h2-6,9-10,17H,7-8H2,1H3. The normalized spacial score (nSPS) is 16.2. The lowest BCUT2D eigenvalue weighted by molar-refractivity contribution is 0.0663. The van der Waals surface area contributed by atoms with E-state index in [0.29, 0.717) is 13.2 Å². The van der Waals surface area contributed by atoms with Crippen molar-refractivity contribution in [1.82, 2.24) is 4.90 Å². The minimum absolute atomic E-state index is 0.000173. The molecular weight excluding hydrogens is 417 g/mol. The molecule has 4 rings (SSSR count). The maximum atomic E-state index is 13.7. The van der Waals surface area contributed by atoms with Gasteiger partial charge in [0.15, 0.2) is 5.43 Å². The first-order valence-electron chi connectivity index (χ1n) is 8.33. The summed E-state index contributed by atoms with van der Waals surface area (Å²) in [7, 11) is 1.54. The average molecular weight is 432 g/mol. The van der Waals surface area contributed by atoms with Crippen molar-refractivity contribution in [2.24, 2.45) is 0 Å². The molecule has 27 heavy (non-hydrogen) atoms. The molecule has 0 saturated heterocycles.